The lowest BCUT2D eigenvalue weighted by Gasteiger charge is -2.08. The van der Waals surface area contributed by atoms with Crippen LogP contribution in [0.25, 0.3) is 12.2 Å². The first-order chi connectivity index (χ1) is 11.4. The summed E-state index contributed by atoms with van der Waals surface area (Å²) in [4.78, 5) is 0. The van der Waals surface area contributed by atoms with Crippen molar-refractivity contribution in [1.29, 1.82) is 0 Å². The van der Waals surface area contributed by atoms with Crippen LogP contribution in [0.5, 0.6) is 0 Å². The molecule has 120 valence electrons. The monoisotopic (exact) mass is 322 g/mol. The highest BCUT2D eigenvalue weighted by atomic mass is 31.1. The van der Waals surface area contributed by atoms with E-state index in [1.165, 1.54) is 43.0 Å². The normalized spacial score (nSPS) is 12.9. The maximum atomic E-state index is 2.41. The Morgan fingerprint density at radius 1 is 0.696 bits per heavy atom. The van der Waals surface area contributed by atoms with E-state index in [9.17, 15) is 0 Å². The van der Waals surface area contributed by atoms with Crippen molar-refractivity contribution < 1.29 is 0 Å². The van der Waals surface area contributed by atoms with Crippen molar-refractivity contribution in [2.45, 2.75) is 32.6 Å². The highest BCUT2D eigenvalue weighted by Crippen LogP contribution is 2.41. The predicted molar refractivity (Wildman–Crippen MR) is 107 cm³/mol. The van der Waals surface area contributed by atoms with Crippen LogP contribution in [-0.4, -0.2) is 6.16 Å². The van der Waals surface area contributed by atoms with Crippen LogP contribution >= 0.6 is 7.92 Å². The second-order valence-electron chi connectivity index (χ2n) is 5.75. The molecule has 0 atom stereocenters. The Morgan fingerprint density at radius 2 is 1.22 bits per heavy atom. The number of hydrogen-bond donors (Lipinski definition) is 0. The summed E-state index contributed by atoms with van der Waals surface area (Å²) in [6, 6.07) is 21.2. The van der Waals surface area contributed by atoms with E-state index in [0.717, 1.165) is 0 Å². The van der Waals surface area contributed by atoms with Crippen molar-refractivity contribution in [3.05, 3.63) is 83.4 Å². The zero-order valence-corrected chi connectivity index (χ0v) is 15.0. The number of rotatable bonds is 9. The van der Waals surface area contributed by atoms with Crippen molar-refractivity contribution in [2.75, 3.05) is 6.16 Å². The van der Waals surface area contributed by atoms with Crippen LogP contribution < -0.4 is 0 Å². The Morgan fingerprint density at radius 3 is 1.70 bits per heavy atom. The zero-order valence-electron chi connectivity index (χ0n) is 14.1. The molecule has 0 amide bonds. The molecule has 0 aromatic heterocycles. The van der Waals surface area contributed by atoms with Crippen molar-refractivity contribution in [1.82, 2.24) is 0 Å². The third kappa shape index (κ3) is 7.44. The zero-order chi connectivity index (χ0) is 16.2. The van der Waals surface area contributed by atoms with Gasteiger partial charge in [-0.25, -0.2) is 0 Å². The summed E-state index contributed by atoms with van der Waals surface area (Å²) in [5, 5.41) is 0. The number of hydrogen-bond acceptors (Lipinski definition) is 0. The van der Waals surface area contributed by atoms with Gasteiger partial charge in [0.2, 0.25) is 0 Å². The minimum absolute atomic E-state index is 0.186. The molecule has 0 aliphatic heterocycles. The second kappa shape index (κ2) is 11.0. The molecule has 2 aromatic carbocycles. The Hall–Kier alpha value is -1.65. The quantitative estimate of drug-likeness (QED) is 0.333. The number of unbranched alkanes of at least 4 members (excludes halogenated alkanes) is 3. The molecule has 0 unspecified atom stereocenters. The third-order valence-corrected chi connectivity index (χ3v) is 5.68. The van der Waals surface area contributed by atoms with E-state index >= 15 is 0 Å². The van der Waals surface area contributed by atoms with E-state index in [1.807, 2.05) is 0 Å². The maximum absolute atomic E-state index is 2.41. The second-order valence-corrected chi connectivity index (χ2v) is 7.82. The van der Waals surface area contributed by atoms with Gasteiger partial charge in [-0.1, -0.05) is 119 Å². The molecule has 0 aliphatic carbocycles. The molecule has 0 N–H and O–H groups in total. The topological polar surface area (TPSA) is 0 Å². The van der Waals surface area contributed by atoms with Crippen molar-refractivity contribution in [3.8, 4) is 0 Å². The fourth-order valence-electron chi connectivity index (χ4n) is 2.41. The Balaban J connectivity index is 1.99. The molecule has 0 bridgehead atoms. The van der Waals surface area contributed by atoms with E-state index in [2.05, 4.69) is 91.4 Å². The predicted octanol–water partition coefficient (Wildman–Crippen LogP) is 7.39. The van der Waals surface area contributed by atoms with Gasteiger partial charge in [0.1, 0.15) is 0 Å². The first kappa shape index (κ1) is 17.7. The molecule has 2 rings (SSSR count). The van der Waals surface area contributed by atoms with Crippen LogP contribution in [0.4, 0.5) is 0 Å². The van der Waals surface area contributed by atoms with E-state index in [0.29, 0.717) is 0 Å². The number of benzene rings is 2. The van der Waals surface area contributed by atoms with Gasteiger partial charge in [0.25, 0.3) is 0 Å². The van der Waals surface area contributed by atoms with Gasteiger partial charge >= 0.3 is 0 Å². The standard InChI is InChI=1S/C22H27P/c1-2-3-4-11-18-23(19-16-21-12-7-5-8-13-21)20-17-22-14-9-6-10-15-22/h5-10,12-17,19-20H,2-4,11,18H2,1H3. The van der Waals surface area contributed by atoms with Crippen molar-refractivity contribution >= 4 is 20.1 Å². The molecule has 0 saturated heterocycles. The molecule has 0 fully saturated rings. The summed E-state index contributed by atoms with van der Waals surface area (Å²) in [7, 11) is -0.186. The summed E-state index contributed by atoms with van der Waals surface area (Å²) in [6.45, 7) is 2.27. The van der Waals surface area contributed by atoms with Gasteiger partial charge in [-0.05, 0) is 23.7 Å². The van der Waals surface area contributed by atoms with Gasteiger partial charge < -0.3 is 0 Å². The molecule has 23 heavy (non-hydrogen) atoms. The van der Waals surface area contributed by atoms with Crippen molar-refractivity contribution in [3.63, 3.8) is 0 Å². The van der Waals surface area contributed by atoms with Gasteiger partial charge in [0.05, 0.1) is 0 Å². The average Bonchev–Trinajstić information content (AvgIpc) is 2.62. The smallest absolute Gasteiger partial charge is 0.0256 e. The van der Waals surface area contributed by atoms with Crippen LogP contribution in [0.3, 0.4) is 0 Å². The lowest BCUT2D eigenvalue weighted by Crippen LogP contribution is -1.82. The maximum Gasteiger partial charge on any atom is -0.0256 e. The average molecular weight is 322 g/mol. The Labute approximate surface area is 142 Å². The van der Waals surface area contributed by atoms with Crippen LogP contribution in [-0.2, 0) is 0 Å². The summed E-state index contributed by atoms with van der Waals surface area (Å²) >= 11 is 0. The molecule has 0 radical (unpaired) electrons. The van der Waals surface area contributed by atoms with Crippen LogP contribution in [0.15, 0.2) is 72.3 Å². The van der Waals surface area contributed by atoms with Gasteiger partial charge in [-0.2, -0.15) is 0 Å². The first-order valence-corrected chi connectivity index (χ1v) is 10.3. The highest BCUT2D eigenvalue weighted by molar-refractivity contribution is 7.64. The Kier molecular flexibility index (Phi) is 8.45. The lowest BCUT2D eigenvalue weighted by atomic mass is 10.2. The molecular formula is C22H27P. The molecule has 0 saturated carbocycles. The molecule has 1 heteroatoms. The third-order valence-electron chi connectivity index (χ3n) is 3.79. The van der Waals surface area contributed by atoms with E-state index in [-0.39, 0.29) is 7.92 Å². The summed E-state index contributed by atoms with van der Waals surface area (Å²) in [6.07, 6.45) is 11.2. The van der Waals surface area contributed by atoms with Gasteiger partial charge in [-0.15, -0.1) is 0 Å². The SMILES string of the molecule is CCCCCCP(C=Cc1ccccc1)C=Cc1ccccc1. The van der Waals surface area contributed by atoms with E-state index in [4.69, 9.17) is 0 Å². The van der Waals surface area contributed by atoms with E-state index in [1.54, 1.807) is 0 Å². The van der Waals surface area contributed by atoms with Gasteiger partial charge in [0.15, 0.2) is 0 Å². The minimum atomic E-state index is -0.186. The fourth-order valence-corrected chi connectivity index (χ4v) is 4.13. The first-order valence-electron chi connectivity index (χ1n) is 8.61. The molecule has 0 heterocycles. The lowest BCUT2D eigenvalue weighted by molar-refractivity contribution is 0.705. The Bertz CT molecular complexity index is 534. The van der Waals surface area contributed by atoms with Crippen LogP contribution in [0, 0.1) is 0 Å². The molecular weight excluding hydrogens is 295 g/mol. The minimum Gasteiger partial charge on any atom is -0.0654 e. The van der Waals surface area contributed by atoms with Gasteiger partial charge in [-0.3, -0.25) is 0 Å². The molecule has 2 aromatic rings. The van der Waals surface area contributed by atoms with Gasteiger partial charge in [0, 0.05) is 0 Å². The fraction of sp³-hybridized carbons (Fsp3) is 0.273. The van der Waals surface area contributed by atoms with E-state index < -0.39 is 0 Å². The highest BCUT2D eigenvalue weighted by Gasteiger charge is 2.00. The van der Waals surface area contributed by atoms with Crippen LogP contribution in [0.1, 0.15) is 43.7 Å². The molecule has 0 nitrogen and oxygen atoms in total. The van der Waals surface area contributed by atoms with Crippen LogP contribution in [0.2, 0.25) is 0 Å². The summed E-state index contributed by atoms with van der Waals surface area (Å²) in [5.74, 6) is 4.83. The largest absolute Gasteiger partial charge is 0.0654 e. The summed E-state index contributed by atoms with van der Waals surface area (Å²) < 4.78 is 0. The molecule has 0 aliphatic rings. The van der Waals surface area contributed by atoms with Crippen molar-refractivity contribution in [2.24, 2.45) is 0 Å². The molecule has 0 spiro atoms. The summed E-state index contributed by atoms with van der Waals surface area (Å²) in [5.41, 5.74) is 2.59.